The molecular formula is C25H25FN4O. The first kappa shape index (κ1) is 20.8. The smallest absolute Gasteiger partial charge is 0.254 e. The van der Waals surface area contributed by atoms with Crippen LogP contribution in [0.25, 0.3) is 0 Å². The zero-order valence-corrected chi connectivity index (χ0v) is 17.2. The number of carbonyl (C=O) groups is 1. The molecule has 158 valence electrons. The number of nitrogens with one attached hydrogen (secondary N) is 1. The maximum atomic E-state index is 14.0. The van der Waals surface area contributed by atoms with Crippen LogP contribution in [0.15, 0.2) is 90.0 Å². The van der Waals surface area contributed by atoms with Crippen molar-refractivity contribution >= 4 is 17.3 Å². The van der Waals surface area contributed by atoms with Gasteiger partial charge in [0.05, 0.1) is 17.9 Å². The molecule has 5 nitrogen and oxygen atoms in total. The highest BCUT2D eigenvalue weighted by molar-refractivity contribution is 6.13. The summed E-state index contributed by atoms with van der Waals surface area (Å²) in [6.45, 7) is 2.99. The molecule has 0 saturated carbocycles. The van der Waals surface area contributed by atoms with Crippen molar-refractivity contribution in [3.8, 4) is 0 Å². The second-order valence-electron chi connectivity index (χ2n) is 7.44. The Morgan fingerprint density at radius 2 is 1.35 bits per heavy atom. The lowest BCUT2D eigenvalue weighted by molar-refractivity contribution is -0.122. The minimum Gasteiger partial charge on any atom is -0.367 e. The Balaban J connectivity index is 1.37. The molecule has 1 aliphatic heterocycles. The number of halogens is 1. The average Bonchev–Trinajstić information content (AvgIpc) is 2.82. The normalized spacial score (nSPS) is 14.2. The van der Waals surface area contributed by atoms with Gasteiger partial charge in [-0.1, -0.05) is 72.8 Å². The fraction of sp³-hybridized carbons (Fsp3) is 0.200. The minimum atomic E-state index is -0.211. The highest BCUT2D eigenvalue weighted by Crippen LogP contribution is 2.20. The molecule has 0 atom stereocenters. The van der Waals surface area contributed by atoms with E-state index in [9.17, 15) is 9.18 Å². The number of amides is 1. The van der Waals surface area contributed by atoms with E-state index in [1.807, 2.05) is 71.6 Å². The molecule has 0 spiro atoms. The molecule has 1 aliphatic rings. The molecule has 1 heterocycles. The highest BCUT2D eigenvalue weighted by atomic mass is 19.1. The summed E-state index contributed by atoms with van der Waals surface area (Å²) in [4.78, 5) is 16.6. The van der Waals surface area contributed by atoms with Crippen LogP contribution in [-0.4, -0.2) is 49.2 Å². The van der Waals surface area contributed by atoms with Crippen molar-refractivity contribution in [3.63, 3.8) is 0 Å². The Morgan fingerprint density at radius 1 is 0.806 bits per heavy atom. The van der Waals surface area contributed by atoms with Gasteiger partial charge in [0.25, 0.3) is 5.91 Å². The standard InChI is InChI=1S/C25H25FN4O/c26-22-13-7-8-14-23(22)30-17-15-29(16-18-30)19-24(31)27-28-25(20-9-3-1-4-10-20)21-11-5-2-6-12-21/h1-14H,15-19H2,(H,27,31). The largest absolute Gasteiger partial charge is 0.367 e. The molecule has 0 bridgehead atoms. The number of nitrogens with zero attached hydrogens (tertiary/aromatic N) is 3. The van der Waals surface area contributed by atoms with Gasteiger partial charge in [0.15, 0.2) is 0 Å². The van der Waals surface area contributed by atoms with Gasteiger partial charge < -0.3 is 4.90 Å². The summed E-state index contributed by atoms with van der Waals surface area (Å²) in [7, 11) is 0. The Bertz CT molecular complexity index is 990. The predicted octanol–water partition coefficient (Wildman–Crippen LogP) is 3.52. The van der Waals surface area contributed by atoms with E-state index in [-0.39, 0.29) is 18.3 Å². The SMILES string of the molecule is O=C(CN1CCN(c2ccccc2F)CC1)NN=C(c1ccccc1)c1ccccc1. The van der Waals surface area contributed by atoms with Crippen LogP contribution < -0.4 is 10.3 Å². The van der Waals surface area contributed by atoms with E-state index in [1.165, 1.54) is 6.07 Å². The molecule has 1 N–H and O–H groups in total. The summed E-state index contributed by atoms with van der Waals surface area (Å²) in [6.07, 6.45) is 0. The molecule has 1 fully saturated rings. The van der Waals surface area contributed by atoms with Gasteiger partial charge in [-0.2, -0.15) is 5.10 Å². The van der Waals surface area contributed by atoms with E-state index in [1.54, 1.807) is 12.1 Å². The zero-order chi connectivity index (χ0) is 21.5. The Labute approximate surface area is 181 Å². The number of anilines is 1. The summed E-state index contributed by atoms with van der Waals surface area (Å²) in [6, 6.07) is 26.4. The van der Waals surface area contributed by atoms with E-state index < -0.39 is 0 Å². The molecule has 0 radical (unpaired) electrons. The first-order chi connectivity index (χ1) is 15.2. The summed E-state index contributed by atoms with van der Waals surface area (Å²) < 4.78 is 14.0. The van der Waals surface area contributed by atoms with Crippen LogP contribution in [0.2, 0.25) is 0 Å². The van der Waals surface area contributed by atoms with Gasteiger partial charge in [0.1, 0.15) is 5.82 Å². The van der Waals surface area contributed by atoms with Crippen molar-refractivity contribution in [1.29, 1.82) is 0 Å². The molecule has 1 amide bonds. The number of carbonyl (C=O) groups excluding carboxylic acids is 1. The number of rotatable bonds is 6. The quantitative estimate of drug-likeness (QED) is 0.494. The monoisotopic (exact) mass is 416 g/mol. The Kier molecular flexibility index (Phi) is 6.69. The maximum Gasteiger partial charge on any atom is 0.254 e. The van der Waals surface area contributed by atoms with Crippen LogP contribution in [-0.2, 0) is 4.79 Å². The van der Waals surface area contributed by atoms with Crippen molar-refractivity contribution in [2.75, 3.05) is 37.6 Å². The first-order valence-electron chi connectivity index (χ1n) is 10.4. The number of para-hydroxylation sites is 1. The van der Waals surface area contributed by atoms with Gasteiger partial charge in [-0.05, 0) is 12.1 Å². The van der Waals surface area contributed by atoms with Crippen LogP contribution in [0.4, 0.5) is 10.1 Å². The van der Waals surface area contributed by atoms with E-state index in [0.717, 1.165) is 16.8 Å². The van der Waals surface area contributed by atoms with Crippen LogP contribution >= 0.6 is 0 Å². The number of piperazine rings is 1. The van der Waals surface area contributed by atoms with Gasteiger partial charge in [0, 0.05) is 37.3 Å². The number of hydrogen-bond acceptors (Lipinski definition) is 4. The molecular weight excluding hydrogens is 391 g/mol. The predicted molar refractivity (Wildman–Crippen MR) is 122 cm³/mol. The summed E-state index contributed by atoms with van der Waals surface area (Å²) in [5, 5.41) is 4.43. The molecule has 0 unspecified atom stereocenters. The second kappa shape index (κ2) is 10.00. The van der Waals surface area contributed by atoms with Crippen molar-refractivity contribution < 1.29 is 9.18 Å². The first-order valence-corrected chi connectivity index (χ1v) is 10.4. The third-order valence-corrected chi connectivity index (χ3v) is 5.32. The van der Waals surface area contributed by atoms with Crippen molar-refractivity contribution in [2.24, 2.45) is 5.10 Å². The fourth-order valence-corrected chi connectivity index (χ4v) is 3.70. The van der Waals surface area contributed by atoms with Crippen molar-refractivity contribution in [1.82, 2.24) is 10.3 Å². The van der Waals surface area contributed by atoms with E-state index in [4.69, 9.17) is 0 Å². The lowest BCUT2D eigenvalue weighted by Gasteiger charge is -2.35. The molecule has 1 saturated heterocycles. The van der Waals surface area contributed by atoms with Crippen molar-refractivity contribution in [2.45, 2.75) is 0 Å². The Morgan fingerprint density at radius 3 is 1.94 bits per heavy atom. The number of hydrogen-bond donors (Lipinski definition) is 1. The number of benzene rings is 3. The van der Waals surface area contributed by atoms with E-state index in [2.05, 4.69) is 15.4 Å². The van der Waals surface area contributed by atoms with Crippen LogP contribution in [0.5, 0.6) is 0 Å². The Hall–Kier alpha value is -3.51. The van der Waals surface area contributed by atoms with Gasteiger partial charge in [-0.15, -0.1) is 0 Å². The molecule has 31 heavy (non-hydrogen) atoms. The third kappa shape index (κ3) is 5.35. The molecule has 0 aliphatic carbocycles. The lowest BCUT2D eigenvalue weighted by atomic mass is 10.0. The fourth-order valence-electron chi connectivity index (χ4n) is 3.70. The number of hydrazone groups is 1. The molecule has 3 aromatic carbocycles. The van der Waals surface area contributed by atoms with E-state index >= 15 is 0 Å². The van der Waals surface area contributed by atoms with Crippen molar-refractivity contribution in [3.05, 3.63) is 102 Å². The van der Waals surface area contributed by atoms with Crippen LogP contribution in [0, 0.1) is 5.82 Å². The van der Waals surface area contributed by atoms with Crippen LogP contribution in [0.3, 0.4) is 0 Å². The lowest BCUT2D eigenvalue weighted by Crippen LogP contribution is -2.49. The average molecular weight is 417 g/mol. The maximum absolute atomic E-state index is 14.0. The summed E-state index contributed by atoms with van der Waals surface area (Å²) >= 11 is 0. The molecule has 0 aromatic heterocycles. The molecule has 3 aromatic rings. The highest BCUT2D eigenvalue weighted by Gasteiger charge is 2.21. The minimum absolute atomic E-state index is 0.163. The third-order valence-electron chi connectivity index (χ3n) is 5.32. The van der Waals surface area contributed by atoms with Gasteiger partial charge in [-0.3, -0.25) is 9.69 Å². The molecule has 6 heteroatoms. The van der Waals surface area contributed by atoms with Gasteiger partial charge >= 0.3 is 0 Å². The van der Waals surface area contributed by atoms with Gasteiger partial charge in [-0.25, -0.2) is 9.82 Å². The molecule has 4 rings (SSSR count). The van der Waals surface area contributed by atoms with Crippen LogP contribution in [0.1, 0.15) is 11.1 Å². The summed E-state index contributed by atoms with van der Waals surface area (Å²) in [5.74, 6) is -0.374. The zero-order valence-electron chi connectivity index (χ0n) is 17.2. The summed E-state index contributed by atoms with van der Waals surface area (Å²) in [5.41, 5.74) is 5.93. The topological polar surface area (TPSA) is 47.9 Å². The second-order valence-corrected chi connectivity index (χ2v) is 7.44. The van der Waals surface area contributed by atoms with Gasteiger partial charge in [0.2, 0.25) is 0 Å². The van der Waals surface area contributed by atoms with E-state index in [0.29, 0.717) is 31.9 Å².